The van der Waals surface area contributed by atoms with Crippen LogP contribution in [0.5, 0.6) is 11.5 Å². The first kappa shape index (κ1) is 15.9. The van der Waals surface area contributed by atoms with Crippen molar-refractivity contribution in [2.24, 2.45) is 0 Å². The summed E-state index contributed by atoms with van der Waals surface area (Å²) in [5.74, 6) is 0.0280. The molecule has 0 fully saturated rings. The van der Waals surface area contributed by atoms with Crippen molar-refractivity contribution in [3.63, 3.8) is 0 Å². The fourth-order valence-electron chi connectivity index (χ4n) is 3.15. The van der Waals surface area contributed by atoms with Crippen LogP contribution in [0.3, 0.4) is 0 Å². The molecule has 1 aliphatic rings. The van der Waals surface area contributed by atoms with E-state index in [1.54, 1.807) is 30.3 Å². The molecule has 0 amide bonds. The molecule has 0 aliphatic carbocycles. The quantitative estimate of drug-likeness (QED) is 0.653. The molecule has 1 heterocycles. The smallest absolute Gasteiger partial charge is 0.339 e. The minimum absolute atomic E-state index is 0.0674. The summed E-state index contributed by atoms with van der Waals surface area (Å²) in [4.78, 5) is 12.2. The molecule has 3 aromatic rings. The lowest BCUT2D eigenvalue weighted by molar-refractivity contribution is 0.0600. The average Bonchev–Trinajstić information content (AvgIpc) is 3.15. The second-order valence-corrected chi connectivity index (χ2v) is 5.68. The molecular formula is C20H12FNO4. The van der Waals surface area contributed by atoms with Crippen molar-refractivity contribution >= 4 is 16.7 Å². The predicted molar refractivity (Wildman–Crippen MR) is 91.5 cm³/mol. The molecule has 1 aliphatic heterocycles. The van der Waals surface area contributed by atoms with Crippen molar-refractivity contribution in [1.29, 1.82) is 5.26 Å². The summed E-state index contributed by atoms with van der Waals surface area (Å²) >= 11 is 0. The van der Waals surface area contributed by atoms with Gasteiger partial charge in [-0.1, -0.05) is 18.2 Å². The first-order valence-corrected chi connectivity index (χ1v) is 7.77. The fourth-order valence-corrected chi connectivity index (χ4v) is 3.15. The molecule has 0 spiro atoms. The maximum Gasteiger partial charge on any atom is 0.339 e. The van der Waals surface area contributed by atoms with Gasteiger partial charge in [0.2, 0.25) is 6.79 Å². The number of methoxy groups -OCH3 is 1. The molecule has 4 rings (SSSR count). The Balaban J connectivity index is 2.17. The number of halogens is 1. The molecule has 3 aromatic carbocycles. The van der Waals surface area contributed by atoms with E-state index in [2.05, 4.69) is 6.07 Å². The van der Waals surface area contributed by atoms with Crippen LogP contribution in [0.15, 0.2) is 42.5 Å². The maximum absolute atomic E-state index is 13.4. The normalized spacial score (nSPS) is 12.0. The summed E-state index contributed by atoms with van der Waals surface area (Å²) < 4.78 is 29.3. The number of hydrogen-bond donors (Lipinski definition) is 0. The average molecular weight is 349 g/mol. The number of carbonyl (C=O) groups is 1. The van der Waals surface area contributed by atoms with E-state index in [1.165, 1.54) is 19.2 Å². The van der Waals surface area contributed by atoms with Crippen molar-refractivity contribution in [2.75, 3.05) is 13.9 Å². The Morgan fingerprint density at radius 3 is 2.65 bits per heavy atom. The van der Waals surface area contributed by atoms with Gasteiger partial charge in [-0.2, -0.15) is 5.26 Å². The largest absolute Gasteiger partial charge is 0.465 e. The van der Waals surface area contributed by atoms with Crippen molar-refractivity contribution in [3.05, 3.63) is 59.4 Å². The Morgan fingerprint density at radius 2 is 1.96 bits per heavy atom. The predicted octanol–water partition coefficient (Wildman–Crippen LogP) is 4.03. The number of fused-ring (bicyclic) bond motifs is 3. The zero-order chi connectivity index (χ0) is 18.3. The number of nitriles is 1. The SMILES string of the molecule is COC(=O)c1cc2ccc3c(c2c(-c2ccc(F)cc2)c1C#N)OCO3. The maximum atomic E-state index is 13.4. The van der Waals surface area contributed by atoms with Crippen molar-refractivity contribution < 1.29 is 23.4 Å². The van der Waals surface area contributed by atoms with Gasteiger partial charge >= 0.3 is 5.97 Å². The van der Waals surface area contributed by atoms with Gasteiger partial charge < -0.3 is 14.2 Å². The number of benzene rings is 3. The van der Waals surface area contributed by atoms with E-state index >= 15 is 0 Å². The van der Waals surface area contributed by atoms with Crippen LogP contribution < -0.4 is 9.47 Å². The number of rotatable bonds is 2. The van der Waals surface area contributed by atoms with Crippen LogP contribution in [0.25, 0.3) is 21.9 Å². The summed E-state index contributed by atoms with van der Waals surface area (Å²) in [6.07, 6.45) is 0. The van der Waals surface area contributed by atoms with E-state index in [-0.39, 0.29) is 17.9 Å². The Hall–Kier alpha value is -3.59. The first-order chi connectivity index (χ1) is 12.6. The summed E-state index contributed by atoms with van der Waals surface area (Å²) in [5.41, 5.74) is 1.34. The highest BCUT2D eigenvalue weighted by Gasteiger charge is 2.26. The molecule has 0 aromatic heterocycles. The van der Waals surface area contributed by atoms with Crippen LogP contribution in [0.2, 0.25) is 0 Å². The van der Waals surface area contributed by atoms with Crippen LogP contribution in [0.4, 0.5) is 4.39 Å². The van der Waals surface area contributed by atoms with Gasteiger partial charge in [0.1, 0.15) is 11.9 Å². The second-order valence-electron chi connectivity index (χ2n) is 5.68. The number of esters is 1. The fraction of sp³-hybridized carbons (Fsp3) is 0.100. The Morgan fingerprint density at radius 1 is 1.19 bits per heavy atom. The summed E-state index contributed by atoms with van der Waals surface area (Å²) in [7, 11) is 1.25. The Kier molecular flexibility index (Phi) is 3.70. The molecule has 0 saturated carbocycles. The highest BCUT2D eigenvalue weighted by atomic mass is 19.1. The van der Waals surface area contributed by atoms with Crippen molar-refractivity contribution in [2.45, 2.75) is 0 Å². The van der Waals surface area contributed by atoms with Crippen molar-refractivity contribution in [1.82, 2.24) is 0 Å². The van der Waals surface area contributed by atoms with Crippen LogP contribution in [0, 0.1) is 17.1 Å². The molecular weight excluding hydrogens is 337 g/mol. The summed E-state index contributed by atoms with van der Waals surface area (Å²) in [6, 6.07) is 12.9. The monoisotopic (exact) mass is 349 g/mol. The third kappa shape index (κ3) is 2.33. The van der Waals surface area contributed by atoms with E-state index < -0.39 is 11.8 Å². The molecule has 0 saturated heterocycles. The van der Waals surface area contributed by atoms with Gasteiger partial charge in [0.05, 0.1) is 18.2 Å². The molecule has 5 nitrogen and oxygen atoms in total. The topological polar surface area (TPSA) is 68.6 Å². The number of carbonyl (C=O) groups excluding carboxylic acids is 1. The summed E-state index contributed by atoms with van der Waals surface area (Å²) in [5, 5.41) is 11.1. The molecule has 0 atom stereocenters. The number of hydrogen-bond acceptors (Lipinski definition) is 5. The molecule has 128 valence electrons. The van der Waals surface area contributed by atoms with Gasteiger partial charge in [0.25, 0.3) is 0 Å². The van der Waals surface area contributed by atoms with E-state index in [0.717, 1.165) is 0 Å². The number of nitrogens with zero attached hydrogens (tertiary/aromatic N) is 1. The highest BCUT2D eigenvalue weighted by Crippen LogP contribution is 2.46. The van der Waals surface area contributed by atoms with Gasteiger partial charge in [-0.25, -0.2) is 9.18 Å². The zero-order valence-electron chi connectivity index (χ0n) is 13.7. The van der Waals surface area contributed by atoms with Gasteiger partial charge in [-0.15, -0.1) is 0 Å². The number of ether oxygens (including phenoxy) is 3. The van der Waals surface area contributed by atoms with Gasteiger partial charge in [-0.3, -0.25) is 0 Å². The van der Waals surface area contributed by atoms with Crippen LogP contribution >= 0.6 is 0 Å². The van der Waals surface area contributed by atoms with Crippen LogP contribution in [0.1, 0.15) is 15.9 Å². The zero-order valence-corrected chi connectivity index (χ0v) is 13.7. The van der Waals surface area contributed by atoms with Crippen LogP contribution in [-0.2, 0) is 4.74 Å². The van der Waals surface area contributed by atoms with Gasteiger partial charge in [0.15, 0.2) is 11.5 Å². The lowest BCUT2D eigenvalue weighted by Gasteiger charge is -2.14. The van der Waals surface area contributed by atoms with E-state index in [4.69, 9.17) is 14.2 Å². The minimum Gasteiger partial charge on any atom is -0.465 e. The molecule has 6 heteroatoms. The van der Waals surface area contributed by atoms with E-state index in [1.807, 2.05) is 0 Å². The summed E-state index contributed by atoms with van der Waals surface area (Å²) in [6.45, 7) is 0.0674. The first-order valence-electron chi connectivity index (χ1n) is 7.77. The van der Waals surface area contributed by atoms with Gasteiger partial charge in [0, 0.05) is 10.9 Å². The third-order valence-corrected chi connectivity index (χ3v) is 4.29. The lowest BCUT2D eigenvalue weighted by atomic mass is 9.89. The second kappa shape index (κ2) is 6.05. The Labute approximate surface area is 148 Å². The minimum atomic E-state index is -0.621. The Bertz CT molecular complexity index is 1080. The van der Waals surface area contributed by atoms with Crippen molar-refractivity contribution in [3.8, 4) is 28.7 Å². The molecule has 0 bridgehead atoms. The highest BCUT2D eigenvalue weighted by molar-refractivity contribution is 6.10. The van der Waals surface area contributed by atoms with E-state index in [9.17, 15) is 14.4 Å². The third-order valence-electron chi connectivity index (χ3n) is 4.29. The molecule has 0 unspecified atom stereocenters. The van der Waals surface area contributed by atoms with Gasteiger partial charge in [-0.05, 0) is 35.2 Å². The lowest BCUT2D eigenvalue weighted by Crippen LogP contribution is -2.06. The molecule has 0 N–H and O–H groups in total. The molecule has 0 radical (unpaired) electrons. The van der Waals surface area contributed by atoms with Crippen LogP contribution in [-0.4, -0.2) is 19.9 Å². The van der Waals surface area contributed by atoms with E-state index in [0.29, 0.717) is 33.4 Å². The standard InChI is InChI=1S/C20H12FNO4/c1-24-20(23)14-8-12-4-7-16-19(26-10-25-16)18(12)17(15(14)9-22)11-2-5-13(21)6-3-11/h2-8H,10H2,1H3. The molecule has 26 heavy (non-hydrogen) atoms.